The van der Waals surface area contributed by atoms with Crippen LogP contribution < -0.4 is 5.69 Å². The Balaban J connectivity index is 1.76. The van der Waals surface area contributed by atoms with Crippen LogP contribution in [0, 0.1) is 6.92 Å². The first-order chi connectivity index (χ1) is 15.8. The van der Waals surface area contributed by atoms with Crippen LogP contribution in [0.15, 0.2) is 65.5 Å². The first-order valence-electron chi connectivity index (χ1n) is 10.1. The lowest BCUT2D eigenvalue weighted by Crippen LogP contribution is -2.26. The fourth-order valence-electron chi connectivity index (χ4n) is 3.62. The van der Waals surface area contributed by atoms with Gasteiger partial charge in [-0.2, -0.15) is 5.10 Å². The van der Waals surface area contributed by atoms with Crippen LogP contribution in [0.1, 0.15) is 21.5 Å². The Morgan fingerprint density at radius 1 is 1.09 bits per heavy atom. The van der Waals surface area contributed by atoms with Crippen molar-refractivity contribution in [3.63, 3.8) is 0 Å². The standard InChI is InChI=1S/C24H21ClN4O4/c1-14-6-5-7-15(10-14)13-28(2)23(32)17-11-16(20(30)12-21(17)31)22-26-27-24(33)29(22)19-9-4-3-8-18(19)25/h3-12,30-31H,13H2,1-2H3,(H,27,33). The van der Waals surface area contributed by atoms with E-state index in [9.17, 15) is 19.8 Å². The molecule has 0 aliphatic heterocycles. The lowest BCUT2D eigenvalue weighted by atomic mass is 10.1. The number of carbonyl (C=O) groups is 1. The molecular formula is C24H21ClN4O4. The van der Waals surface area contributed by atoms with Crippen LogP contribution in [-0.4, -0.2) is 42.8 Å². The van der Waals surface area contributed by atoms with Gasteiger partial charge in [0.15, 0.2) is 5.82 Å². The van der Waals surface area contributed by atoms with E-state index in [1.54, 1.807) is 31.3 Å². The van der Waals surface area contributed by atoms with E-state index in [4.69, 9.17) is 11.6 Å². The van der Waals surface area contributed by atoms with Gasteiger partial charge < -0.3 is 15.1 Å². The van der Waals surface area contributed by atoms with E-state index in [-0.39, 0.29) is 28.5 Å². The van der Waals surface area contributed by atoms with Crippen LogP contribution in [0.3, 0.4) is 0 Å². The summed E-state index contributed by atoms with van der Waals surface area (Å²) in [5, 5.41) is 27.6. The molecule has 3 aromatic carbocycles. The highest BCUT2D eigenvalue weighted by Gasteiger charge is 2.23. The molecule has 33 heavy (non-hydrogen) atoms. The average molecular weight is 465 g/mol. The number of carbonyl (C=O) groups excluding carboxylic acids is 1. The molecule has 0 fully saturated rings. The molecule has 168 valence electrons. The zero-order valence-corrected chi connectivity index (χ0v) is 18.7. The van der Waals surface area contributed by atoms with E-state index >= 15 is 0 Å². The molecule has 0 atom stereocenters. The predicted molar refractivity (Wildman–Crippen MR) is 125 cm³/mol. The van der Waals surface area contributed by atoms with E-state index < -0.39 is 11.6 Å². The van der Waals surface area contributed by atoms with Gasteiger partial charge in [-0.3, -0.25) is 4.79 Å². The zero-order valence-electron chi connectivity index (χ0n) is 17.9. The number of nitrogens with one attached hydrogen (secondary N) is 1. The first-order valence-corrected chi connectivity index (χ1v) is 10.4. The largest absolute Gasteiger partial charge is 0.507 e. The van der Waals surface area contributed by atoms with Crippen molar-refractivity contribution in [3.05, 3.63) is 92.9 Å². The van der Waals surface area contributed by atoms with Crippen molar-refractivity contribution in [2.24, 2.45) is 0 Å². The lowest BCUT2D eigenvalue weighted by molar-refractivity contribution is 0.0782. The van der Waals surface area contributed by atoms with Gasteiger partial charge in [-0.15, -0.1) is 0 Å². The minimum Gasteiger partial charge on any atom is -0.507 e. The van der Waals surface area contributed by atoms with Gasteiger partial charge in [0, 0.05) is 19.7 Å². The second-order valence-corrected chi connectivity index (χ2v) is 8.08. The third-order valence-corrected chi connectivity index (χ3v) is 5.52. The molecule has 0 unspecified atom stereocenters. The Bertz CT molecular complexity index is 1410. The summed E-state index contributed by atoms with van der Waals surface area (Å²) in [5.74, 6) is -1.16. The van der Waals surface area contributed by atoms with E-state index in [0.717, 1.165) is 17.2 Å². The normalized spacial score (nSPS) is 10.9. The average Bonchev–Trinajstić information content (AvgIpc) is 3.14. The molecule has 0 aliphatic carbocycles. The lowest BCUT2D eigenvalue weighted by Gasteiger charge is -2.19. The van der Waals surface area contributed by atoms with Crippen LogP contribution in [-0.2, 0) is 6.54 Å². The molecule has 0 saturated heterocycles. The molecular weight excluding hydrogens is 444 g/mol. The summed E-state index contributed by atoms with van der Waals surface area (Å²) in [7, 11) is 1.62. The highest BCUT2D eigenvalue weighted by atomic mass is 35.5. The highest BCUT2D eigenvalue weighted by molar-refractivity contribution is 6.32. The number of aryl methyl sites for hydroxylation is 1. The minimum absolute atomic E-state index is 0.0425. The van der Waals surface area contributed by atoms with E-state index in [0.29, 0.717) is 17.3 Å². The number of H-pyrrole nitrogens is 1. The van der Waals surface area contributed by atoms with Crippen LogP contribution in [0.25, 0.3) is 17.1 Å². The number of aromatic nitrogens is 3. The third-order valence-electron chi connectivity index (χ3n) is 5.20. The molecule has 9 heteroatoms. The van der Waals surface area contributed by atoms with Crippen molar-refractivity contribution >= 4 is 17.5 Å². The summed E-state index contributed by atoms with van der Waals surface area (Å²) in [4.78, 5) is 27.1. The molecule has 0 bridgehead atoms. The first kappa shape index (κ1) is 22.2. The Labute approximate surface area is 194 Å². The van der Waals surface area contributed by atoms with E-state index in [2.05, 4.69) is 10.2 Å². The van der Waals surface area contributed by atoms with Crippen molar-refractivity contribution in [1.29, 1.82) is 0 Å². The molecule has 4 rings (SSSR count). The summed E-state index contributed by atoms with van der Waals surface area (Å²) >= 11 is 6.26. The summed E-state index contributed by atoms with van der Waals surface area (Å²) in [6.45, 7) is 2.29. The van der Waals surface area contributed by atoms with Gasteiger partial charge >= 0.3 is 5.69 Å². The van der Waals surface area contributed by atoms with Gasteiger partial charge in [0.05, 0.1) is 21.8 Å². The Kier molecular flexibility index (Phi) is 5.93. The van der Waals surface area contributed by atoms with Crippen molar-refractivity contribution in [2.75, 3.05) is 7.05 Å². The Hall–Kier alpha value is -4.04. The molecule has 1 amide bonds. The van der Waals surface area contributed by atoms with Gasteiger partial charge in [0.2, 0.25) is 0 Å². The number of phenols is 2. The van der Waals surface area contributed by atoms with E-state index in [1.165, 1.54) is 15.5 Å². The third kappa shape index (κ3) is 4.33. The maximum atomic E-state index is 13.1. The molecule has 8 nitrogen and oxygen atoms in total. The fourth-order valence-corrected chi connectivity index (χ4v) is 3.84. The van der Waals surface area contributed by atoms with Crippen LogP contribution in [0.4, 0.5) is 0 Å². The zero-order chi connectivity index (χ0) is 23.7. The van der Waals surface area contributed by atoms with Crippen LogP contribution in [0.2, 0.25) is 5.02 Å². The van der Waals surface area contributed by atoms with Crippen molar-refractivity contribution in [1.82, 2.24) is 19.7 Å². The molecule has 1 aromatic heterocycles. The van der Waals surface area contributed by atoms with E-state index in [1.807, 2.05) is 31.2 Å². The Morgan fingerprint density at radius 3 is 2.58 bits per heavy atom. The van der Waals surface area contributed by atoms with Gasteiger partial charge in [-0.25, -0.2) is 14.5 Å². The van der Waals surface area contributed by atoms with Crippen molar-refractivity contribution < 1.29 is 15.0 Å². The topological polar surface area (TPSA) is 111 Å². The number of phenolic OH excluding ortho intramolecular Hbond substituents is 2. The molecule has 4 aromatic rings. The maximum absolute atomic E-state index is 13.1. The molecule has 0 saturated carbocycles. The SMILES string of the molecule is Cc1cccc(CN(C)C(=O)c2cc(-c3n[nH]c(=O)n3-c3ccccc3Cl)c(O)cc2O)c1. The van der Waals surface area contributed by atoms with Gasteiger partial charge in [0.1, 0.15) is 11.5 Å². The number of hydrogen-bond donors (Lipinski definition) is 3. The molecule has 0 radical (unpaired) electrons. The summed E-state index contributed by atoms with van der Waals surface area (Å²) in [6, 6.07) is 16.8. The van der Waals surface area contributed by atoms with Crippen molar-refractivity contribution in [3.8, 4) is 28.6 Å². The number of aromatic hydroxyl groups is 2. The number of para-hydroxylation sites is 1. The smallest absolute Gasteiger partial charge is 0.348 e. The number of amides is 1. The number of benzene rings is 3. The van der Waals surface area contributed by atoms with Crippen molar-refractivity contribution in [2.45, 2.75) is 13.5 Å². The number of halogens is 1. The predicted octanol–water partition coefficient (Wildman–Crippen LogP) is 3.87. The number of rotatable bonds is 5. The van der Waals surface area contributed by atoms with Crippen LogP contribution >= 0.6 is 11.6 Å². The Morgan fingerprint density at radius 2 is 1.85 bits per heavy atom. The number of hydrogen-bond acceptors (Lipinski definition) is 5. The maximum Gasteiger partial charge on any atom is 0.348 e. The van der Waals surface area contributed by atoms with Gasteiger partial charge in [-0.1, -0.05) is 53.6 Å². The number of aromatic amines is 1. The second kappa shape index (κ2) is 8.84. The summed E-state index contributed by atoms with van der Waals surface area (Å²) < 4.78 is 1.19. The van der Waals surface area contributed by atoms with Crippen LogP contribution in [0.5, 0.6) is 11.5 Å². The quantitative estimate of drug-likeness (QED) is 0.415. The molecule has 1 heterocycles. The monoisotopic (exact) mass is 464 g/mol. The number of nitrogens with zero attached hydrogens (tertiary/aromatic N) is 3. The summed E-state index contributed by atoms with van der Waals surface area (Å²) in [5.41, 5.74) is 1.82. The highest BCUT2D eigenvalue weighted by Crippen LogP contribution is 2.35. The minimum atomic E-state index is -0.574. The van der Waals surface area contributed by atoms with Gasteiger partial charge in [0.25, 0.3) is 5.91 Å². The molecule has 0 spiro atoms. The van der Waals surface area contributed by atoms with Gasteiger partial charge in [-0.05, 0) is 30.7 Å². The summed E-state index contributed by atoms with van der Waals surface area (Å²) in [6.07, 6.45) is 0. The fraction of sp³-hybridized carbons (Fsp3) is 0.125. The molecule has 0 aliphatic rings. The second-order valence-electron chi connectivity index (χ2n) is 7.68. The molecule has 3 N–H and O–H groups in total.